The first-order valence-electron chi connectivity index (χ1n) is 8.96. The second kappa shape index (κ2) is 7.61. The van der Waals surface area contributed by atoms with E-state index in [0.29, 0.717) is 16.5 Å². The molecular weight excluding hydrogens is 386 g/mol. The monoisotopic (exact) mass is 407 g/mol. The van der Waals surface area contributed by atoms with E-state index in [9.17, 15) is 4.21 Å². The molecule has 8 nitrogen and oxygen atoms in total. The minimum atomic E-state index is -1.54. The number of aromatic nitrogens is 4. The van der Waals surface area contributed by atoms with E-state index >= 15 is 0 Å². The van der Waals surface area contributed by atoms with Gasteiger partial charge in [0.25, 0.3) is 0 Å². The standard InChI is InChI=1S/C20H21N7OS/c1-13-17-8-7-15(12-18(17)25-27(13)3)26(2)19-9-10-22-20(24-19)23-14-5-4-6-16(11-14)29(21)28/h4-12H,21H2,1-3H3,(H,22,23,24). The molecule has 4 rings (SSSR count). The molecule has 0 aliphatic heterocycles. The maximum absolute atomic E-state index is 11.5. The first-order chi connectivity index (χ1) is 13.9. The lowest BCUT2D eigenvalue weighted by atomic mass is 10.2. The number of aryl methyl sites for hydroxylation is 2. The van der Waals surface area contributed by atoms with Gasteiger partial charge in [0.05, 0.1) is 10.4 Å². The SMILES string of the molecule is Cc1c2ccc(N(C)c3ccnc(Nc4cccc(S(N)=O)c4)n3)cc2nn1C. The summed E-state index contributed by atoms with van der Waals surface area (Å²) >= 11 is 0. The van der Waals surface area contributed by atoms with Gasteiger partial charge in [-0.2, -0.15) is 10.1 Å². The number of hydrogen-bond acceptors (Lipinski definition) is 6. The van der Waals surface area contributed by atoms with Gasteiger partial charge in [-0.25, -0.2) is 14.3 Å². The van der Waals surface area contributed by atoms with Crippen LogP contribution in [0.3, 0.4) is 0 Å². The van der Waals surface area contributed by atoms with E-state index in [1.807, 2.05) is 47.9 Å². The van der Waals surface area contributed by atoms with Crippen molar-refractivity contribution in [1.29, 1.82) is 0 Å². The molecule has 9 heteroatoms. The second-order valence-electron chi connectivity index (χ2n) is 6.66. The van der Waals surface area contributed by atoms with E-state index < -0.39 is 11.0 Å². The molecule has 4 aromatic rings. The minimum absolute atomic E-state index is 0.434. The summed E-state index contributed by atoms with van der Waals surface area (Å²) < 4.78 is 13.4. The Morgan fingerprint density at radius 2 is 2.00 bits per heavy atom. The van der Waals surface area contributed by atoms with Gasteiger partial charge in [-0.1, -0.05) is 6.07 Å². The Morgan fingerprint density at radius 3 is 2.79 bits per heavy atom. The lowest BCUT2D eigenvalue weighted by Crippen LogP contribution is -2.12. The molecule has 0 bridgehead atoms. The molecule has 0 fully saturated rings. The molecule has 2 aromatic carbocycles. The Morgan fingerprint density at radius 1 is 1.17 bits per heavy atom. The Kier molecular flexibility index (Phi) is 4.99. The molecule has 0 aliphatic rings. The summed E-state index contributed by atoms with van der Waals surface area (Å²) in [5.74, 6) is 1.16. The highest BCUT2D eigenvalue weighted by Gasteiger charge is 2.11. The van der Waals surface area contributed by atoms with Gasteiger partial charge in [0.15, 0.2) is 0 Å². The van der Waals surface area contributed by atoms with Gasteiger partial charge < -0.3 is 10.2 Å². The molecule has 2 aromatic heterocycles. The van der Waals surface area contributed by atoms with Crippen LogP contribution in [0, 0.1) is 6.92 Å². The second-order valence-corrected chi connectivity index (χ2v) is 7.72. The quantitative estimate of drug-likeness (QED) is 0.527. The van der Waals surface area contributed by atoms with Gasteiger partial charge >= 0.3 is 0 Å². The van der Waals surface area contributed by atoms with Crippen molar-refractivity contribution >= 4 is 45.0 Å². The first-order valence-corrected chi connectivity index (χ1v) is 10.2. The van der Waals surface area contributed by atoms with Crippen molar-refractivity contribution in [3.63, 3.8) is 0 Å². The molecule has 1 unspecified atom stereocenters. The Balaban J connectivity index is 1.61. The lowest BCUT2D eigenvalue weighted by molar-refractivity contribution is 0.684. The average Bonchev–Trinajstić information content (AvgIpc) is 3.01. The molecule has 0 aliphatic carbocycles. The summed E-state index contributed by atoms with van der Waals surface area (Å²) in [5.41, 5.74) is 3.75. The zero-order valence-corrected chi connectivity index (χ0v) is 17.1. The van der Waals surface area contributed by atoms with Crippen molar-refractivity contribution in [2.24, 2.45) is 12.2 Å². The fourth-order valence-electron chi connectivity index (χ4n) is 3.08. The van der Waals surface area contributed by atoms with Gasteiger partial charge in [0, 0.05) is 42.7 Å². The number of fused-ring (bicyclic) bond motifs is 1. The van der Waals surface area contributed by atoms with Crippen molar-refractivity contribution in [2.45, 2.75) is 11.8 Å². The van der Waals surface area contributed by atoms with Gasteiger partial charge in [-0.05, 0) is 49.4 Å². The number of nitrogens with one attached hydrogen (secondary N) is 1. The molecular formula is C20H21N7OS. The van der Waals surface area contributed by atoms with Crippen molar-refractivity contribution in [3.05, 3.63) is 60.4 Å². The van der Waals surface area contributed by atoms with Crippen LogP contribution in [0.1, 0.15) is 5.69 Å². The summed E-state index contributed by atoms with van der Waals surface area (Å²) in [7, 11) is 2.34. The molecule has 29 heavy (non-hydrogen) atoms. The number of hydrogen-bond donors (Lipinski definition) is 2. The van der Waals surface area contributed by atoms with Crippen LogP contribution < -0.4 is 15.4 Å². The zero-order chi connectivity index (χ0) is 20.5. The van der Waals surface area contributed by atoms with Crippen LogP contribution in [0.15, 0.2) is 59.6 Å². The molecule has 0 saturated heterocycles. The third-order valence-corrected chi connectivity index (χ3v) is 5.53. The van der Waals surface area contributed by atoms with E-state index in [1.165, 1.54) is 0 Å². The number of rotatable bonds is 5. The summed E-state index contributed by atoms with van der Waals surface area (Å²) in [6.07, 6.45) is 1.69. The fraction of sp³-hybridized carbons (Fsp3) is 0.150. The predicted octanol–water partition coefficient (Wildman–Crippen LogP) is 3.16. The van der Waals surface area contributed by atoms with Crippen molar-refractivity contribution in [1.82, 2.24) is 19.7 Å². The van der Waals surface area contributed by atoms with E-state index in [0.717, 1.165) is 28.1 Å². The van der Waals surface area contributed by atoms with E-state index in [2.05, 4.69) is 33.4 Å². The normalized spacial score (nSPS) is 12.1. The number of benzene rings is 2. The third kappa shape index (κ3) is 3.82. The lowest BCUT2D eigenvalue weighted by Gasteiger charge is -2.19. The maximum atomic E-state index is 11.5. The summed E-state index contributed by atoms with van der Waals surface area (Å²) in [4.78, 5) is 11.4. The van der Waals surface area contributed by atoms with Gasteiger partial charge in [0.2, 0.25) is 5.95 Å². The Hall–Kier alpha value is -3.30. The van der Waals surface area contributed by atoms with Crippen molar-refractivity contribution < 1.29 is 4.21 Å². The van der Waals surface area contributed by atoms with E-state index in [1.54, 1.807) is 24.4 Å². The van der Waals surface area contributed by atoms with E-state index in [-0.39, 0.29) is 0 Å². The summed E-state index contributed by atoms with van der Waals surface area (Å²) in [6, 6.07) is 15.0. The number of nitrogens with zero attached hydrogens (tertiary/aromatic N) is 5. The predicted molar refractivity (Wildman–Crippen MR) is 116 cm³/mol. The molecule has 1 atom stereocenters. The minimum Gasteiger partial charge on any atom is -0.329 e. The Labute approximate surface area is 171 Å². The highest BCUT2D eigenvalue weighted by molar-refractivity contribution is 7.82. The maximum Gasteiger partial charge on any atom is 0.229 e. The van der Waals surface area contributed by atoms with Crippen LogP contribution in [0.5, 0.6) is 0 Å². The molecule has 148 valence electrons. The van der Waals surface area contributed by atoms with Gasteiger partial charge in [-0.3, -0.25) is 4.68 Å². The largest absolute Gasteiger partial charge is 0.329 e. The summed E-state index contributed by atoms with van der Waals surface area (Å²) in [5, 5.41) is 14.3. The smallest absolute Gasteiger partial charge is 0.229 e. The van der Waals surface area contributed by atoms with Crippen LogP contribution >= 0.6 is 0 Å². The molecule has 0 saturated carbocycles. The molecule has 0 amide bonds. The first kappa shape index (κ1) is 19.0. The molecule has 3 N–H and O–H groups in total. The van der Waals surface area contributed by atoms with Crippen molar-refractivity contribution in [3.8, 4) is 0 Å². The van der Waals surface area contributed by atoms with Gasteiger partial charge in [-0.15, -0.1) is 0 Å². The van der Waals surface area contributed by atoms with Crippen LogP contribution in [-0.2, 0) is 18.0 Å². The van der Waals surface area contributed by atoms with Crippen molar-refractivity contribution in [2.75, 3.05) is 17.3 Å². The van der Waals surface area contributed by atoms with Crippen LogP contribution in [0.25, 0.3) is 10.9 Å². The van der Waals surface area contributed by atoms with Crippen LogP contribution in [-0.4, -0.2) is 31.0 Å². The topological polar surface area (TPSA) is 102 Å². The van der Waals surface area contributed by atoms with Crippen LogP contribution in [0.2, 0.25) is 0 Å². The third-order valence-electron chi connectivity index (χ3n) is 4.81. The zero-order valence-electron chi connectivity index (χ0n) is 16.3. The number of anilines is 4. The Bertz CT molecular complexity index is 1220. The highest BCUT2D eigenvalue weighted by atomic mass is 32.2. The summed E-state index contributed by atoms with van der Waals surface area (Å²) in [6.45, 7) is 2.05. The van der Waals surface area contributed by atoms with Gasteiger partial charge in [0.1, 0.15) is 16.8 Å². The average molecular weight is 408 g/mol. The molecule has 0 radical (unpaired) electrons. The number of nitrogens with two attached hydrogens (primary N) is 1. The molecule has 2 heterocycles. The fourth-order valence-corrected chi connectivity index (χ4v) is 3.54. The van der Waals surface area contributed by atoms with Crippen LogP contribution in [0.4, 0.5) is 23.1 Å². The highest BCUT2D eigenvalue weighted by Crippen LogP contribution is 2.27. The molecule has 0 spiro atoms. The van der Waals surface area contributed by atoms with E-state index in [4.69, 9.17) is 5.14 Å².